The summed E-state index contributed by atoms with van der Waals surface area (Å²) in [6.45, 7) is 1.22. The maximum atomic E-state index is 11.5. The van der Waals surface area contributed by atoms with Crippen LogP contribution < -0.4 is 4.90 Å². The fraction of sp³-hybridized carbons (Fsp3) is 0.286. The van der Waals surface area contributed by atoms with Crippen LogP contribution in [0.15, 0.2) is 36.4 Å². The maximum absolute atomic E-state index is 11.5. The third-order valence-electron chi connectivity index (χ3n) is 3.10. The number of hydrogen-bond acceptors (Lipinski definition) is 4. The van der Waals surface area contributed by atoms with Crippen molar-refractivity contribution >= 4 is 17.5 Å². The zero-order valence-electron chi connectivity index (χ0n) is 10.2. The predicted octanol–water partition coefficient (Wildman–Crippen LogP) is 1.38. The monoisotopic (exact) mass is 259 g/mol. The molecule has 1 atom stereocenters. The summed E-state index contributed by atoms with van der Waals surface area (Å²) < 4.78 is 10.6. The van der Waals surface area contributed by atoms with Crippen LogP contribution in [0.5, 0.6) is 0 Å². The summed E-state index contributed by atoms with van der Waals surface area (Å²) in [5, 5.41) is 0. The summed E-state index contributed by atoms with van der Waals surface area (Å²) >= 11 is 0. The van der Waals surface area contributed by atoms with Crippen molar-refractivity contribution in [1.29, 1.82) is 0 Å². The van der Waals surface area contributed by atoms with Gasteiger partial charge < -0.3 is 9.47 Å². The molecular weight excluding hydrogens is 246 g/mol. The molecule has 1 saturated heterocycles. The number of imide groups is 1. The van der Waals surface area contributed by atoms with E-state index in [2.05, 4.69) is 0 Å². The van der Waals surface area contributed by atoms with Gasteiger partial charge in [-0.1, -0.05) is 12.1 Å². The molecule has 1 fully saturated rings. The van der Waals surface area contributed by atoms with Crippen molar-refractivity contribution in [2.75, 3.05) is 11.5 Å². The zero-order valence-corrected chi connectivity index (χ0v) is 10.2. The van der Waals surface area contributed by atoms with Gasteiger partial charge >= 0.3 is 0 Å². The second kappa shape index (κ2) is 4.95. The second-order valence-corrected chi connectivity index (χ2v) is 4.41. The lowest BCUT2D eigenvalue weighted by Gasteiger charge is -2.26. The molecule has 2 aliphatic rings. The topological polar surface area (TPSA) is 55.8 Å². The lowest BCUT2D eigenvalue weighted by molar-refractivity contribution is -0.220. The van der Waals surface area contributed by atoms with E-state index in [1.54, 1.807) is 12.1 Å². The minimum atomic E-state index is -0.308. The summed E-state index contributed by atoms with van der Waals surface area (Å²) in [7, 11) is 0. The first-order valence-electron chi connectivity index (χ1n) is 6.12. The molecule has 19 heavy (non-hydrogen) atoms. The summed E-state index contributed by atoms with van der Waals surface area (Å²) in [6, 6.07) is 7.16. The Hall–Kier alpha value is -1.98. The Morgan fingerprint density at radius 1 is 1.16 bits per heavy atom. The quantitative estimate of drug-likeness (QED) is 0.766. The van der Waals surface area contributed by atoms with Crippen LogP contribution >= 0.6 is 0 Å². The molecule has 0 saturated carbocycles. The molecular formula is C14H13NO4. The van der Waals surface area contributed by atoms with E-state index in [9.17, 15) is 9.59 Å². The minimum absolute atomic E-state index is 0.0920. The predicted molar refractivity (Wildman–Crippen MR) is 67.2 cm³/mol. The number of rotatable bonds is 4. The first kappa shape index (κ1) is 12.1. The van der Waals surface area contributed by atoms with Crippen molar-refractivity contribution in [3.05, 3.63) is 42.0 Å². The van der Waals surface area contributed by atoms with E-state index in [1.807, 2.05) is 12.1 Å². The molecule has 1 unspecified atom stereocenters. The van der Waals surface area contributed by atoms with Crippen molar-refractivity contribution in [1.82, 2.24) is 0 Å². The van der Waals surface area contributed by atoms with Gasteiger partial charge in [-0.2, -0.15) is 0 Å². The number of nitrogens with zero attached hydrogens (tertiary/aromatic N) is 1. The molecule has 1 aromatic rings. The number of ether oxygens (including phenoxy) is 2. The van der Waals surface area contributed by atoms with Crippen molar-refractivity contribution in [2.45, 2.75) is 19.3 Å². The van der Waals surface area contributed by atoms with E-state index in [-0.39, 0.29) is 18.1 Å². The zero-order chi connectivity index (χ0) is 13.2. The lowest BCUT2D eigenvalue weighted by atomic mass is 10.2. The Kier molecular flexibility index (Phi) is 3.15. The van der Waals surface area contributed by atoms with E-state index < -0.39 is 0 Å². The largest absolute Gasteiger partial charge is 0.352 e. The number of carbonyl (C=O) groups is 2. The van der Waals surface area contributed by atoms with Crippen LogP contribution in [-0.2, 0) is 25.7 Å². The molecule has 98 valence electrons. The van der Waals surface area contributed by atoms with Gasteiger partial charge in [0.1, 0.15) is 0 Å². The van der Waals surface area contributed by atoms with Crippen molar-refractivity contribution in [3.8, 4) is 0 Å². The van der Waals surface area contributed by atoms with Crippen LogP contribution in [0.3, 0.4) is 0 Å². The van der Waals surface area contributed by atoms with Gasteiger partial charge in [0, 0.05) is 18.6 Å². The summed E-state index contributed by atoms with van der Waals surface area (Å²) in [5.41, 5.74) is 1.55. The smallest absolute Gasteiger partial charge is 0.258 e. The third kappa shape index (κ3) is 2.43. The van der Waals surface area contributed by atoms with Crippen molar-refractivity contribution in [2.24, 2.45) is 0 Å². The Morgan fingerprint density at radius 2 is 1.79 bits per heavy atom. The van der Waals surface area contributed by atoms with Crippen LogP contribution in [0, 0.1) is 0 Å². The minimum Gasteiger partial charge on any atom is -0.352 e. The Bertz CT molecular complexity index is 513. The standard InChI is InChI=1S/C14H13NO4/c16-12-5-6-13(17)15(12)11-3-1-10(2-4-11)9-19-14-7-8-18-14/h1-6,14H,7-9H2. The molecule has 3 rings (SSSR count). The van der Waals surface area contributed by atoms with E-state index in [4.69, 9.17) is 9.47 Å². The first-order chi connectivity index (χ1) is 9.24. The van der Waals surface area contributed by atoms with Gasteiger partial charge in [-0.15, -0.1) is 0 Å². The highest BCUT2D eigenvalue weighted by Crippen LogP contribution is 2.20. The summed E-state index contributed by atoms with van der Waals surface area (Å²) in [4.78, 5) is 24.2. The van der Waals surface area contributed by atoms with Gasteiger partial charge in [0.05, 0.1) is 18.9 Å². The molecule has 2 aliphatic heterocycles. The summed E-state index contributed by atoms with van der Waals surface area (Å²) in [6.07, 6.45) is 3.38. The van der Waals surface area contributed by atoms with Gasteiger partial charge in [0.15, 0.2) is 6.29 Å². The molecule has 0 N–H and O–H groups in total. The van der Waals surface area contributed by atoms with Gasteiger partial charge in [-0.25, -0.2) is 4.90 Å². The van der Waals surface area contributed by atoms with Crippen LogP contribution in [0.1, 0.15) is 12.0 Å². The molecule has 0 bridgehead atoms. The molecule has 0 aromatic heterocycles. The van der Waals surface area contributed by atoms with Gasteiger partial charge in [-0.05, 0) is 17.7 Å². The van der Waals surface area contributed by atoms with Crippen LogP contribution in [0.4, 0.5) is 5.69 Å². The normalized spacial score (nSPS) is 21.9. The molecule has 0 aliphatic carbocycles. The molecule has 5 heteroatoms. The molecule has 1 aromatic carbocycles. The van der Waals surface area contributed by atoms with Crippen LogP contribution in [0.25, 0.3) is 0 Å². The third-order valence-corrected chi connectivity index (χ3v) is 3.10. The number of carbonyl (C=O) groups excluding carboxylic acids is 2. The van der Waals surface area contributed by atoms with Crippen molar-refractivity contribution in [3.63, 3.8) is 0 Å². The number of anilines is 1. The molecule has 0 radical (unpaired) electrons. The van der Waals surface area contributed by atoms with E-state index in [0.717, 1.165) is 23.5 Å². The Balaban J connectivity index is 1.65. The molecule has 2 heterocycles. The first-order valence-corrected chi connectivity index (χ1v) is 6.12. The van der Waals surface area contributed by atoms with Crippen LogP contribution in [-0.4, -0.2) is 24.7 Å². The highest BCUT2D eigenvalue weighted by Gasteiger charge is 2.25. The van der Waals surface area contributed by atoms with Gasteiger partial charge in [0.25, 0.3) is 11.8 Å². The fourth-order valence-electron chi connectivity index (χ4n) is 1.93. The maximum Gasteiger partial charge on any atom is 0.258 e. The number of amides is 2. The second-order valence-electron chi connectivity index (χ2n) is 4.41. The SMILES string of the molecule is O=C1C=CC(=O)N1c1ccc(COC2CCO2)cc1. The highest BCUT2D eigenvalue weighted by molar-refractivity contribution is 6.28. The molecule has 2 amide bonds. The van der Waals surface area contributed by atoms with Gasteiger partial charge in [0.2, 0.25) is 0 Å². The highest BCUT2D eigenvalue weighted by atomic mass is 16.7. The Morgan fingerprint density at radius 3 is 2.32 bits per heavy atom. The number of benzene rings is 1. The average molecular weight is 259 g/mol. The number of hydrogen-bond donors (Lipinski definition) is 0. The van der Waals surface area contributed by atoms with E-state index in [1.165, 1.54) is 12.2 Å². The van der Waals surface area contributed by atoms with Gasteiger partial charge in [-0.3, -0.25) is 9.59 Å². The molecule has 0 spiro atoms. The summed E-state index contributed by atoms with van der Waals surface area (Å²) in [5.74, 6) is -0.617. The fourth-order valence-corrected chi connectivity index (χ4v) is 1.93. The van der Waals surface area contributed by atoms with E-state index in [0.29, 0.717) is 12.3 Å². The average Bonchev–Trinajstić information content (AvgIpc) is 2.68. The lowest BCUT2D eigenvalue weighted by Crippen LogP contribution is -2.30. The van der Waals surface area contributed by atoms with Crippen molar-refractivity contribution < 1.29 is 19.1 Å². The molecule has 5 nitrogen and oxygen atoms in total. The van der Waals surface area contributed by atoms with E-state index >= 15 is 0 Å². The Labute approximate surface area is 110 Å². The van der Waals surface area contributed by atoms with Crippen LogP contribution in [0.2, 0.25) is 0 Å².